The van der Waals surface area contributed by atoms with Gasteiger partial charge in [0.25, 0.3) is 0 Å². The van der Waals surface area contributed by atoms with Gasteiger partial charge in [-0.15, -0.1) is 11.3 Å². The standard InChI is InChI=1S/C13H19N3S/c1-10-8-13(17-11(10)2)9-14-4-6-16-7-5-15-12(16)3/h5,7-8,14H,4,6,9H2,1-3H3. The largest absolute Gasteiger partial charge is 0.334 e. The van der Waals surface area contributed by atoms with Gasteiger partial charge in [0.1, 0.15) is 5.82 Å². The molecule has 0 atom stereocenters. The summed E-state index contributed by atoms with van der Waals surface area (Å²) in [6.45, 7) is 9.31. The molecule has 92 valence electrons. The van der Waals surface area contributed by atoms with E-state index in [9.17, 15) is 0 Å². The normalized spacial score (nSPS) is 11.0. The van der Waals surface area contributed by atoms with Crippen molar-refractivity contribution in [2.24, 2.45) is 0 Å². The molecule has 0 radical (unpaired) electrons. The topological polar surface area (TPSA) is 29.9 Å². The maximum Gasteiger partial charge on any atom is 0.105 e. The molecule has 0 fully saturated rings. The monoisotopic (exact) mass is 249 g/mol. The molecule has 2 rings (SSSR count). The van der Waals surface area contributed by atoms with Crippen LogP contribution in [-0.2, 0) is 13.1 Å². The second kappa shape index (κ2) is 5.47. The van der Waals surface area contributed by atoms with Crippen LogP contribution in [0.2, 0.25) is 0 Å². The number of aromatic nitrogens is 2. The van der Waals surface area contributed by atoms with Gasteiger partial charge in [0.05, 0.1) is 0 Å². The van der Waals surface area contributed by atoms with Crippen LogP contribution in [-0.4, -0.2) is 16.1 Å². The average molecular weight is 249 g/mol. The molecule has 0 aliphatic heterocycles. The summed E-state index contributed by atoms with van der Waals surface area (Å²) in [6.07, 6.45) is 3.87. The number of aryl methyl sites for hydroxylation is 3. The first kappa shape index (κ1) is 12.3. The molecular formula is C13H19N3S. The van der Waals surface area contributed by atoms with Crippen molar-refractivity contribution in [3.63, 3.8) is 0 Å². The van der Waals surface area contributed by atoms with Crippen molar-refractivity contribution in [2.45, 2.75) is 33.9 Å². The highest BCUT2D eigenvalue weighted by atomic mass is 32.1. The van der Waals surface area contributed by atoms with Crippen LogP contribution in [0.4, 0.5) is 0 Å². The van der Waals surface area contributed by atoms with Gasteiger partial charge in [0, 0.05) is 41.8 Å². The van der Waals surface area contributed by atoms with E-state index in [1.807, 2.05) is 30.7 Å². The van der Waals surface area contributed by atoms with Gasteiger partial charge >= 0.3 is 0 Å². The quantitative estimate of drug-likeness (QED) is 0.826. The van der Waals surface area contributed by atoms with Crippen LogP contribution >= 0.6 is 11.3 Å². The van der Waals surface area contributed by atoms with E-state index in [1.165, 1.54) is 15.3 Å². The zero-order chi connectivity index (χ0) is 12.3. The van der Waals surface area contributed by atoms with Gasteiger partial charge < -0.3 is 9.88 Å². The summed E-state index contributed by atoms with van der Waals surface area (Å²) < 4.78 is 2.16. The average Bonchev–Trinajstić information content (AvgIpc) is 2.82. The smallest absolute Gasteiger partial charge is 0.105 e. The highest BCUT2D eigenvalue weighted by Crippen LogP contribution is 2.20. The fourth-order valence-electron chi connectivity index (χ4n) is 1.79. The number of imidazole rings is 1. The minimum absolute atomic E-state index is 0.965. The molecule has 0 saturated heterocycles. The molecule has 2 aromatic rings. The van der Waals surface area contributed by atoms with Crippen LogP contribution in [0, 0.1) is 20.8 Å². The third-order valence-corrected chi connectivity index (χ3v) is 4.12. The number of thiophene rings is 1. The second-order valence-corrected chi connectivity index (χ2v) is 5.64. The van der Waals surface area contributed by atoms with Crippen molar-refractivity contribution in [1.29, 1.82) is 0 Å². The van der Waals surface area contributed by atoms with Crippen LogP contribution in [0.5, 0.6) is 0 Å². The van der Waals surface area contributed by atoms with Gasteiger partial charge in [-0.1, -0.05) is 0 Å². The molecule has 0 unspecified atom stereocenters. The molecule has 2 heterocycles. The van der Waals surface area contributed by atoms with Crippen molar-refractivity contribution in [3.05, 3.63) is 39.6 Å². The van der Waals surface area contributed by atoms with Crippen LogP contribution in [0.3, 0.4) is 0 Å². The lowest BCUT2D eigenvalue weighted by Crippen LogP contribution is -2.19. The van der Waals surface area contributed by atoms with Gasteiger partial charge in [-0.2, -0.15) is 0 Å². The zero-order valence-electron chi connectivity index (χ0n) is 10.7. The number of rotatable bonds is 5. The molecule has 3 nitrogen and oxygen atoms in total. The van der Waals surface area contributed by atoms with E-state index in [1.54, 1.807) is 0 Å². The third-order valence-electron chi connectivity index (χ3n) is 2.97. The number of hydrogen-bond donors (Lipinski definition) is 1. The van der Waals surface area contributed by atoms with Crippen molar-refractivity contribution < 1.29 is 0 Å². The second-order valence-electron chi connectivity index (χ2n) is 4.30. The molecule has 0 bridgehead atoms. The Hall–Kier alpha value is -1.13. The lowest BCUT2D eigenvalue weighted by Gasteiger charge is -2.05. The van der Waals surface area contributed by atoms with E-state index in [-0.39, 0.29) is 0 Å². The lowest BCUT2D eigenvalue weighted by atomic mass is 10.3. The molecule has 0 aliphatic carbocycles. The molecule has 0 saturated carbocycles. The van der Waals surface area contributed by atoms with Gasteiger partial charge in [0.2, 0.25) is 0 Å². The number of nitrogens with one attached hydrogen (secondary N) is 1. The molecule has 0 spiro atoms. The van der Waals surface area contributed by atoms with Crippen molar-refractivity contribution in [2.75, 3.05) is 6.54 Å². The number of nitrogens with zero attached hydrogens (tertiary/aromatic N) is 2. The lowest BCUT2D eigenvalue weighted by molar-refractivity contribution is 0.590. The van der Waals surface area contributed by atoms with Crippen molar-refractivity contribution in [1.82, 2.24) is 14.9 Å². The Morgan fingerprint density at radius 3 is 2.76 bits per heavy atom. The fourth-order valence-corrected chi connectivity index (χ4v) is 2.81. The molecule has 4 heteroatoms. The SMILES string of the molecule is Cc1cc(CNCCn2ccnc2C)sc1C. The molecule has 0 amide bonds. The van der Waals surface area contributed by atoms with Crippen molar-refractivity contribution >= 4 is 11.3 Å². The number of hydrogen-bond acceptors (Lipinski definition) is 3. The summed E-state index contributed by atoms with van der Waals surface area (Å²) in [5, 5.41) is 3.47. The van der Waals surface area contributed by atoms with E-state index < -0.39 is 0 Å². The Morgan fingerprint density at radius 2 is 2.18 bits per heavy atom. The van der Waals surface area contributed by atoms with Crippen LogP contribution < -0.4 is 5.32 Å². The highest BCUT2D eigenvalue weighted by molar-refractivity contribution is 7.12. The van der Waals surface area contributed by atoms with Crippen LogP contribution in [0.25, 0.3) is 0 Å². The summed E-state index contributed by atoms with van der Waals surface area (Å²) in [6, 6.07) is 2.27. The Balaban J connectivity index is 1.75. The molecule has 17 heavy (non-hydrogen) atoms. The van der Waals surface area contributed by atoms with Gasteiger partial charge in [-0.05, 0) is 32.4 Å². The first-order valence-electron chi connectivity index (χ1n) is 5.91. The van der Waals surface area contributed by atoms with Gasteiger partial charge in [0.15, 0.2) is 0 Å². The highest BCUT2D eigenvalue weighted by Gasteiger charge is 2.01. The van der Waals surface area contributed by atoms with Crippen LogP contribution in [0.1, 0.15) is 21.1 Å². The maximum absolute atomic E-state index is 4.21. The van der Waals surface area contributed by atoms with Gasteiger partial charge in [-0.25, -0.2) is 4.98 Å². The molecule has 1 N–H and O–H groups in total. The fraction of sp³-hybridized carbons (Fsp3) is 0.462. The third kappa shape index (κ3) is 3.17. The summed E-state index contributed by atoms with van der Waals surface area (Å²) in [4.78, 5) is 7.05. The summed E-state index contributed by atoms with van der Waals surface area (Å²) in [7, 11) is 0. The maximum atomic E-state index is 4.21. The minimum Gasteiger partial charge on any atom is -0.334 e. The van der Waals surface area contributed by atoms with Crippen LogP contribution in [0.15, 0.2) is 18.5 Å². The summed E-state index contributed by atoms with van der Waals surface area (Å²) in [5.74, 6) is 1.08. The predicted molar refractivity (Wildman–Crippen MR) is 72.5 cm³/mol. The van der Waals surface area contributed by atoms with E-state index in [2.05, 4.69) is 34.8 Å². The zero-order valence-corrected chi connectivity index (χ0v) is 11.5. The van der Waals surface area contributed by atoms with E-state index in [0.717, 1.165) is 25.5 Å². The van der Waals surface area contributed by atoms with E-state index in [0.29, 0.717) is 0 Å². The van der Waals surface area contributed by atoms with E-state index >= 15 is 0 Å². The van der Waals surface area contributed by atoms with Crippen molar-refractivity contribution in [3.8, 4) is 0 Å². The first-order valence-corrected chi connectivity index (χ1v) is 6.73. The predicted octanol–water partition coefficient (Wildman–Crippen LogP) is 2.66. The molecular weight excluding hydrogens is 230 g/mol. The Labute approximate surface area is 107 Å². The van der Waals surface area contributed by atoms with Gasteiger partial charge in [-0.3, -0.25) is 0 Å². The summed E-state index contributed by atoms with van der Waals surface area (Å²) in [5.41, 5.74) is 1.40. The molecule has 0 aromatic carbocycles. The Morgan fingerprint density at radius 1 is 1.35 bits per heavy atom. The minimum atomic E-state index is 0.965. The van der Waals surface area contributed by atoms with E-state index in [4.69, 9.17) is 0 Å². The Kier molecular flexibility index (Phi) is 3.97. The molecule has 2 aromatic heterocycles. The first-order chi connectivity index (χ1) is 8.16. The summed E-state index contributed by atoms with van der Waals surface area (Å²) >= 11 is 1.88. The Bertz CT molecular complexity index is 465. The molecule has 0 aliphatic rings.